The van der Waals surface area contributed by atoms with Crippen LogP contribution in [0.1, 0.15) is 48.1 Å². The molecule has 0 saturated carbocycles. The Balaban J connectivity index is 1.46. The fraction of sp³-hybridized carbons (Fsp3) is 0.542. The molecular weight excluding hydrogens is 376 g/mol. The molecule has 1 aromatic heterocycles. The van der Waals surface area contributed by atoms with Crippen LogP contribution in [0.3, 0.4) is 0 Å². The van der Waals surface area contributed by atoms with E-state index in [1.54, 1.807) is 7.11 Å². The summed E-state index contributed by atoms with van der Waals surface area (Å²) in [5.41, 5.74) is 4.67. The lowest BCUT2D eigenvalue weighted by Crippen LogP contribution is -2.48. The smallest absolute Gasteiger partial charge is 0.225 e. The lowest BCUT2D eigenvalue weighted by atomic mass is 9.77. The average Bonchev–Trinajstić information content (AvgIpc) is 3.10. The molecule has 6 nitrogen and oxygen atoms in total. The van der Waals surface area contributed by atoms with Crippen molar-refractivity contribution < 1.29 is 9.53 Å². The molecular formula is C24H32N4O2. The number of benzene rings is 1. The molecule has 2 aliphatic rings. The van der Waals surface area contributed by atoms with Crippen LogP contribution in [-0.4, -0.2) is 55.1 Å². The molecule has 160 valence electrons. The van der Waals surface area contributed by atoms with Gasteiger partial charge in [-0.1, -0.05) is 12.1 Å². The third kappa shape index (κ3) is 3.87. The van der Waals surface area contributed by atoms with Gasteiger partial charge >= 0.3 is 0 Å². The number of nitrogens with zero attached hydrogens (tertiary/aromatic N) is 4. The first-order valence-corrected chi connectivity index (χ1v) is 10.9. The summed E-state index contributed by atoms with van der Waals surface area (Å²) >= 11 is 0. The molecule has 2 heterocycles. The lowest BCUT2D eigenvalue weighted by Gasteiger charge is -2.40. The molecule has 1 fully saturated rings. The van der Waals surface area contributed by atoms with Crippen molar-refractivity contribution in [3.05, 3.63) is 46.8 Å². The van der Waals surface area contributed by atoms with E-state index in [1.807, 2.05) is 38.2 Å². The summed E-state index contributed by atoms with van der Waals surface area (Å²) < 4.78 is 5.42. The first kappa shape index (κ1) is 20.6. The van der Waals surface area contributed by atoms with Crippen molar-refractivity contribution in [3.63, 3.8) is 0 Å². The van der Waals surface area contributed by atoms with Crippen LogP contribution in [0.2, 0.25) is 0 Å². The molecule has 1 spiro atoms. The molecule has 1 saturated heterocycles. The van der Waals surface area contributed by atoms with Crippen molar-refractivity contribution in [2.75, 3.05) is 39.2 Å². The first-order valence-electron chi connectivity index (χ1n) is 10.9. The molecule has 2 aromatic rings. The number of carbonyl (C=O) groups excluding carboxylic acids is 1. The zero-order valence-electron chi connectivity index (χ0n) is 18.6. The van der Waals surface area contributed by atoms with Gasteiger partial charge in [-0.15, -0.1) is 0 Å². The standard InChI is InChI=1S/C24H32N4O2/c1-17-6-7-18(14-20(17)30-4)8-9-21(29)28-13-5-11-24(16-28)12-10-19-15-25-23(27(2)3)26-22(19)24/h6-7,14-15H,5,8-13,16H2,1-4H3. The molecule has 6 heteroatoms. The van der Waals surface area contributed by atoms with E-state index in [2.05, 4.69) is 22.0 Å². The Morgan fingerprint density at radius 2 is 2.13 bits per heavy atom. The van der Waals surface area contributed by atoms with Crippen LogP contribution in [0.5, 0.6) is 5.75 Å². The second-order valence-electron chi connectivity index (χ2n) is 8.94. The largest absolute Gasteiger partial charge is 0.496 e. The Kier molecular flexibility index (Phi) is 5.67. The third-order valence-electron chi connectivity index (χ3n) is 6.66. The summed E-state index contributed by atoms with van der Waals surface area (Å²) in [6, 6.07) is 6.20. The molecule has 30 heavy (non-hydrogen) atoms. The van der Waals surface area contributed by atoms with Crippen molar-refractivity contribution in [2.24, 2.45) is 0 Å². The van der Waals surface area contributed by atoms with Gasteiger partial charge in [0.15, 0.2) is 0 Å². The molecule has 1 atom stereocenters. The van der Waals surface area contributed by atoms with E-state index in [0.29, 0.717) is 6.42 Å². The van der Waals surface area contributed by atoms with Gasteiger partial charge in [-0.25, -0.2) is 9.97 Å². The number of piperidine rings is 1. The first-order chi connectivity index (χ1) is 14.4. The Morgan fingerprint density at radius 3 is 2.90 bits per heavy atom. The number of aromatic nitrogens is 2. The van der Waals surface area contributed by atoms with Crippen molar-refractivity contribution in [1.29, 1.82) is 0 Å². The number of anilines is 1. The van der Waals surface area contributed by atoms with E-state index in [9.17, 15) is 4.79 Å². The van der Waals surface area contributed by atoms with Crippen LogP contribution >= 0.6 is 0 Å². The van der Waals surface area contributed by atoms with Crippen LogP contribution in [0.4, 0.5) is 5.95 Å². The SMILES string of the molecule is COc1cc(CCC(=O)N2CCCC3(CCc4cnc(N(C)C)nc43)C2)ccc1C. The molecule has 4 rings (SSSR count). The van der Waals surface area contributed by atoms with Crippen molar-refractivity contribution in [2.45, 2.75) is 50.9 Å². The van der Waals surface area contributed by atoms with E-state index in [0.717, 1.165) is 68.0 Å². The highest BCUT2D eigenvalue weighted by molar-refractivity contribution is 5.77. The quantitative estimate of drug-likeness (QED) is 0.760. The Hall–Kier alpha value is -2.63. The zero-order valence-corrected chi connectivity index (χ0v) is 18.6. The number of carbonyl (C=O) groups is 1. The van der Waals surface area contributed by atoms with Gasteiger partial charge in [0.05, 0.1) is 12.8 Å². The fourth-order valence-electron chi connectivity index (χ4n) is 4.92. The van der Waals surface area contributed by atoms with E-state index in [4.69, 9.17) is 9.72 Å². The van der Waals surface area contributed by atoms with Gasteiger partial charge in [0, 0.05) is 45.2 Å². The fourth-order valence-corrected chi connectivity index (χ4v) is 4.92. The summed E-state index contributed by atoms with van der Waals surface area (Å²) in [4.78, 5) is 26.5. The second kappa shape index (κ2) is 8.25. The van der Waals surface area contributed by atoms with Crippen LogP contribution in [0.15, 0.2) is 24.4 Å². The van der Waals surface area contributed by atoms with Crippen molar-refractivity contribution in [3.8, 4) is 5.75 Å². The summed E-state index contributed by atoms with van der Waals surface area (Å²) in [6.45, 7) is 3.66. The summed E-state index contributed by atoms with van der Waals surface area (Å²) in [6.07, 6.45) is 7.46. The molecule has 1 aromatic carbocycles. The Morgan fingerprint density at radius 1 is 1.30 bits per heavy atom. The minimum Gasteiger partial charge on any atom is -0.496 e. The summed E-state index contributed by atoms with van der Waals surface area (Å²) in [5.74, 6) is 1.88. The number of methoxy groups -OCH3 is 1. The van der Waals surface area contributed by atoms with Crippen molar-refractivity contribution >= 4 is 11.9 Å². The molecule has 0 radical (unpaired) electrons. The molecule has 1 aliphatic heterocycles. The van der Waals surface area contributed by atoms with E-state index < -0.39 is 0 Å². The predicted molar refractivity (Wildman–Crippen MR) is 118 cm³/mol. The molecule has 1 aliphatic carbocycles. The number of amides is 1. The summed E-state index contributed by atoms with van der Waals surface area (Å²) in [5, 5.41) is 0. The van der Waals surface area contributed by atoms with E-state index in [-0.39, 0.29) is 11.3 Å². The highest BCUT2D eigenvalue weighted by atomic mass is 16.5. The normalized spacial score (nSPS) is 20.3. The van der Waals surface area contributed by atoms with Crippen LogP contribution in [0, 0.1) is 6.92 Å². The number of hydrogen-bond acceptors (Lipinski definition) is 5. The van der Waals surface area contributed by atoms with Gasteiger partial charge in [-0.2, -0.15) is 0 Å². The molecule has 0 N–H and O–H groups in total. The Labute approximate surface area is 179 Å². The highest BCUT2D eigenvalue weighted by Gasteiger charge is 2.44. The highest BCUT2D eigenvalue weighted by Crippen LogP contribution is 2.44. The van der Waals surface area contributed by atoms with E-state index >= 15 is 0 Å². The number of likely N-dealkylation sites (tertiary alicyclic amines) is 1. The third-order valence-corrected chi connectivity index (χ3v) is 6.66. The topological polar surface area (TPSA) is 58.6 Å². The van der Waals surface area contributed by atoms with Crippen LogP contribution in [0.25, 0.3) is 0 Å². The van der Waals surface area contributed by atoms with Gasteiger partial charge in [0.1, 0.15) is 5.75 Å². The monoisotopic (exact) mass is 408 g/mol. The van der Waals surface area contributed by atoms with Crippen molar-refractivity contribution in [1.82, 2.24) is 14.9 Å². The van der Waals surface area contributed by atoms with Gasteiger partial charge in [0.2, 0.25) is 11.9 Å². The number of aryl methyl sites for hydroxylation is 3. The minimum absolute atomic E-state index is 0.00990. The van der Waals surface area contributed by atoms with Gasteiger partial charge in [0.25, 0.3) is 0 Å². The number of ether oxygens (including phenoxy) is 1. The maximum atomic E-state index is 13.1. The van der Waals surface area contributed by atoms with E-state index in [1.165, 1.54) is 11.3 Å². The number of fused-ring (bicyclic) bond motifs is 2. The average molecular weight is 409 g/mol. The van der Waals surface area contributed by atoms with Crippen LogP contribution < -0.4 is 9.64 Å². The molecule has 0 bridgehead atoms. The number of hydrogen-bond donors (Lipinski definition) is 0. The van der Waals surface area contributed by atoms with Crippen LogP contribution in [-0.2, 0) is 23.1 Å². The second-order valence-corrected chi connectivity index (χ2v) is 8.94. The zero-order chi connectivity index (χ0) is 21.3. The Bertz CT molecular complexity index is 939. The predicted octanol–water partition coefficient (Wildman–Crippen LogP) is 3.30. The summed E-state index contributed by atoms with van der Waals surface area (Å²) in [7, 11) is 5.63. The number of rotatable bonds is 5. The van der Waals surface area contributed by atoms with Gasteiger partial charge < -0.3 is 14.5 Å². The molecule has 1 amide bonds. The maximum absolute atomic E-state index is 13.1. The molecule has 1 unspecified atom stereocenters. The van der Waals surface area contributed by atoms with Gasteiger partial charge in [-0.3, -0.25) is 4.79 Å². The van der Waals surface area contributed by atoms with Gasteiger partial charge in [-0.05, 0) is 61.8 Å². The minimum atomic E-state index is -0.00990. The lowest BCUT2D eigenvalue weighted by molar-refractivity contribution is -0.133. The maximum Gasteiger partial charge on any atom is 0.225 e.